The van der Waals surface area contributed by atoms with Crippen molar-refractivity contribution in [1.29, 1.82) is 0 Å². The lowest BCUT2D eigenvalue weighted by molar-refractivity contribution is -0.143. The highest BCUT2D eigenvalue weighted by atomic mass is 16.2. The van der Waals surface area contributed by atoms with Crippen LogP contribution in [0, 0.1) is 0 Å². The second kappa shape index (κ2) is 10.3. The summed E-state index contributed by atoms with van der Waals surface area (Å²) in [5, 5.41) is 0. The van der Waals surface area contributed by atoms with Crippen molar-refractivity contribution in [2.45, 2.75) is 117 Å². The molecule has 3 saturated heterocycles. The first-order valence-corrected chi connectivity index (χ1v) is 11.5. The second-order valence-corrected chi connectivity index (χ2v) is 11.5. The first kappa shape index (κ1) is 26.6. The molecule has 0 spiro atoms. The smallest absolute Gasteiger partial charge is 0.230 e. The Kier molecular flexibility index (Phi) is 9.09. The molecular formula is C24H45N3O3. The number of imide groups is 1. The van der Waals surface area contributed by atoms with Gasteiger partial charge in [0.05, 0.1) is 0 Å². The second-order valence-electron chi connectivity index (χ2n) is 11.5. The Labute approximate surface area is 184 Å². The van der Waals surface area contributed by atoms with Crippen molar-refractivity contribution in [2.24, 2.45) is 0 Å². The number of hydrogen-bond donors (Lipinski definition) is 0. The molecule has 174 valence electrons. The van der Waals surface area contributed by atoms with Gasteiger partial charge in [0.1, 0.15) is 0 Å². The van der Waals surface area contributed by atoms with Gasteiger partial charge in [-0.3, -0.25) is 24.2 Å². The van der Waals surface area contributed by atoms with E-state index in [1.54, 1.807) is 0 Å². The number of likely N-dealkylation sites (tertiary alicyclic amines) is 3. The quantitative estimate of drug-likeness (QED) is 0.547. The zero-order valence-electron chi connectivity index (χ0n) is 20.9. The molecule has 0 unspecified atom stereocenters. The van der Waals surface area contributed by atoms with E-state index in [4.69, 9.17) is 0 Å². The molecule has 3 amide bonds. The van der Waals surface area contributed by atoms with Gasteiger partial charge >= 0.3 is 0 Å². The number of rotatable bonds is 0. The van der Waals surface area contributed by atoms with Crippen molar-refractivity contribution >= 4 is 17.7 Å². The van der Waals surface area contributed by atoms with Crippen LogP contribution in [0.15, 0.2) is 0 Å². The van der Waals surface area contributed by atoms with Crippen LogP contribution in [0.3, 0.4) is 0 Å². The van der Waals surface area contributed by atoms with Crippen LogP contribution in [-0.4, -0.2) is 68.7 Å². The molecule has 30 heavy (non-hydrogen) atoms. The highest BCUT2D eigenvalue weighted by molar-refractivity contribution is 6.02. The Morgan fingerprint density at radius 3 is 1.20 bits per heavy atom. The fourth-order valence-corrected chi connectivity index (χ4v) is 4.07. The zero-order valence-corrected chi connectivity index (χ0v) is 20.9. The minimum atomic E-state index is -0.343. The SMILES string of the molecule is CC(C)(C)N1C(=O)CCC1=O.CC(C)(C)N1CCCC1.CC(C)(C)N1CCCC1=O. The molecule has 0 atom stereocenters. The monoisotopic (exact) mass is 423 g/mol. The molecule has 0 aromatic heterocycles. The summed E-state index contributed by atoms with van der Waals surface area (Å²) in [6.45, 7) is 22.3. The number of hydrogen-bond acceptors (Lipinski definition) is 4. The molecule has 6 heteroatoms. The Bertz CT molecular complexity index is 587. The van der Waals surface area contributed by atoms with Gasteiger partial charge in [0, 0.05) is 42.4 Å². The van der Waals surface area contributed by atoms with Crippen molar-refractivity contribution in [3.8, 4) is 0 Å². The molecule has 3 aliphatic rings. The normalized spacial score (nSPS) is 20.9. The van der Waals surface area contributed by atoms with Crippen LogP contribution < -0.4 is 0 Å². The molecule has 0 saturated carbocycles. The minimum absolute atomic E-state index is 0.0353. The molecular weight excluding hydrogens is 378 g/mol. The van der Waals surface area contributed by atoms with E-state index in [9.17, 15) is 14.4 Å². The van der Waals surface area contributed by atoms with Gasteiger partial charge in [-0.1, -0.05) is 0 Å². The van der Waals surface area contributed by atoms with Gasteiger partial charge in [-0.05, 0) is 94.7 Å². The lowest BCUT2D eigenvalue weighted by Gasteiger charge is -2.31. The molecule has 3 aliphatic heterocycles. The third kappa shape index (κ3) is 8.01. The first-order chi connectivity index (χ1) is 13.5. The maximum atomic E-state index is 11.1. The molecule has 0 aromatic rings. The van der Waals surface area contributed by atoms with Gasteiger partial charge in [0.25, 0.3) is 0 Å². The summed E-state index contributed by atoms with van der Waals surface area (Å²) in [6, 6.07) is 0. The minimum Gasteiger partial charge on any atom is -0.338 e. The summed E-state index contributed by atoms with van der Waals surface area (Å²) >= 11 is 0. The summed E-state index contributed by atoms with van der Waals surface area (Å²) in [4.78, 5) is 39.3. The third-order valence-corrected chi connectivity index (χ3v) is 5.66. The maximum Gasteiger partial charge on any atom is 0.230 e. The van der Waals surface area contributed by atoms with E-state index >= 15 is 0 Å². The summed E-state index contributed by atoms with van der Waals surface area (Å²) in [7, 11) is 0. The van der Waals surface area contributed by atoms with Gasteiger partial charge in [0.15, 0.2) is 0 Å². The Hall–Kier alpha value is -1.43. The first-order valence-electron chi connectivity index (χ1n) is 11.5. The largest absolute Gasteiger partial charge is 0.338 e. The fourth-order valence-electron chi connectivity index (χ4n) is 4.07. The van der Waals surface area contributed by atoms with Gasteiger partial charge in [-0.25, -0.2) is 0 Å². The third-order valence-electron chi connectivity index (χ3n) is 5.66. The molecule has 0 aromatic carbocycles. The summed E-state index contributed by atoms with van der Waals surface area (Å²) in [5.74, 6) is 0.234. The average Bonchev–Trinajstić information content (AvgIpc) is 3.27. The van der Waals surface area contributed by atoms with Gasteiger partial charge in [-0.15, -0.1) is 0 Å². The molecule has 0 radical (unpaired) electrons. The Balaban J connectivity index is 0.000000226. The molecule has 3 fully saturated rings. The Morgan fingerprint density at radius 1 is 0.533 bits per heavy atom. The lowest BCUT2D eigenvalue weighted by atomic mass is 10.1. The number of nitrogens with zero attached hydrogens (tertiary/aromatic N) is 3. The number of carbonyl (C=O) groups is 3. The van der Waals surface area contributed by atoms with E-state index in [1.807, 2.05) is 25.7 Å². The van der Waals surface area contributed by atoms with Crippen molar-refractivity contribution in [3.05, 3.63) is 0 Å². The van der Waals surface area contributed by atoms with Crippen molar-refractivity contribution in [2.75, 3.05) is 19.6 Å². The van der Waals surface area contributed by atoms with Crippen molar-refractivity contribution < 1.29 is 14.4 Å². The van der Waals surface area contributed by atoms with E-state index in [0.717, 1.165) is 19.4 Å². The summed E-state index contributed by atoms with van der Waals surface area (Å²) in [5.41, 5.74) is 0.106. The van der Waals surface area contributed by atoms with E-state index in [0.29, 0.717) is 24.3 Å². The lowest BCUT2D eigenvalue weighted by Crippen LogP contribution is -2.44. The van der Waals surface area contributed by atoms with Crippen LogP contribution in [0.1, 0.15) is 101 Å². The van der Waals surface area contributed by atoms with E-state index in [2.05, 4.69) is 46.4 Å². The molecule has 0 N–H and O–H groups in total. The number of amides is 3. The van der Waals surface area contributed by atoms with Crippen LogP contribution >= 0.6 is 0 Å². The summed E-state index contributed by atoms with van der Waals surface area (Å²) < 4.78 is 0. The molecule has 3 rings (SSSR count). The maximum absolute atomic E-state index is 11.1. The highest BCUT2D eigenvalue weighted by Crippen LogP contribution is 2.22. The van der Waals surface area contributed by atoms with Crippen LogP contribution in [0.2, 0.25) is 0 Å². The average molecular weight is 424 g/mol. The van der Waals surface area contributed by atoms with Crippen LogP contribution in [0.25, 0.3) is 0 Å². The topological polar surface area (TPSA) is 60.9 Å². The van der Waals surface area contributed by atoms with Crippen molar-refractivity contribution in [1.82, 2.24) is 14.7 Å². The predicted molar refractivity (Wildman–Crippen MR) is 122 cm³/mol. The molecule has 6 nitrogen and oxygen atoms in total. The molecule has 0 aliphatic carbocycles. The van der Waals surface area contributed by atoms with Crippen LogP contribution in [-0.2, 0) is 14.4 Å². The van der Waals surface area contributed by atoms with E-state index in [1.165, 1.54) is 30.8 Å². The van der Waals surface area contributed by atoms with Gasteiger partial charge in [-0.2, -0.15) is 0 Å². The zero-order chi connectivity index (χ0) is 23.3. The van der Waals surface area contributed by atoms with E-state index < -0.39 is 0 Å². The highest BCUT2D eigenvalue weighted by Gasteiger charge is 2.36. The fraction of sp³-hybridized carbons (Fsp3) is 0.875. The van der Waals surface area contributed by atoms with Gasteiger partial charge in [0.2, 0.25) is 17.7 Å². The van der Waals surface area contributed by atoms with Crippen LogP contribution in [0.5, 0.6) is 0 Å². The Morgan fingerprint density at radius 2 is 1.00 bits per heavy atom. The molecule has 0 bridgehead atoms. The van der Waals surface area contributed by atoms with Gasteiger partial charge < -0.3 is 4.90 Å². The van der Waals surface area contributed by atoms with Crippen molar-refractivity contribution in [3.63, 3.8) is 0 Å². The number of carbonyl (C=O) groups excluding carboxylic acids is 3. The van der Waals surface area contributed by atoms with E-state index in [-0.39, 0.29) is 22.9 Å². The predicted octanol–water partition coefficient (Wildman–Crippen LogP) is 4.22. The molecule has 3 heterocycles. The summed E-state index contributed by atoms with van der Waals surface area (Å²) in [6.07, 6.45) is 5.36. The standard InChI is InChI=1S/C8H13NO2.C8H15NO.C8H17N/c1-8(2,3)9-6(10)4-5-7(9)11;1-8(2,3)9-6-4-5-7(9)10;1-8(2,3)9-6-4-5-7-9/h4-5H2,1-3H3;4-6H2,1-3H3;4-7H2,1-3H3. The van der Waals surface area contributed by atoms with Crippen LogP contribution in [0.4, 0.5) is 0 Å².